The molecular weight excluding hydrogens is 326 g/mol. The van der Waals surface area contributed by atoms with Crippen LogP contribution >= 0.6 is 0 Å². The van der Waals surface area contributed by atoms with Gasteiger partial charge in [-0.3, -0.25) is 9.59 Å². The number of nitrogens with two attached hydrogens (primary N) is 4. The molecule has 1 saturated heterocycles. The zero-order chi connectivity index (χ0) is 20.1. The van der Waals surface area contributed by atoms with E-state index in [-0.39, 0.29) is 0 Å². The van der Waals surface area contributed by atoms with Gasteiger partial charge in [0.2, 0.25) is 5.91 Å². The number of hydroxylamine groups is 2. The topological polar surface area (TPSA) is 182 Å². The number of aliphatic carboxylic acids is 1. The van der Waals surface area contributed by atoms with Crippen LogP contribution in [0.4, 0.5) is 0 Å². The molecule has 9 heteroatoms. The zero-order valence-electron chi connectivity index (χ0n) is 15.8. The number of nitrogens with zero attached hydrogens (tertiary/aromatic N) is 1. The van der Waals surface area contributed by atoms with Crippen LogP contribution in [0.15, 0.2) is 0 Å². The lowest BCUT2D eigenvalue weighted by molar-refractivity contribution is -0.251. The maximum absolute atomic E-state index is 11.4. The number of carbonyl (C=O) groups is 2. The highest BCUT2D eigenvalue weighted by Crippen LogP contribution is 2.40. The van der Waals surface area contributed by atoms with Crippen LogP contribution in [0.1, 0.15) is 59.8 Å². The summed E-state index contributed by atoms with van der Waals surface area (Å²) in [7, 11) is 0. The lowest BCUT2D eigenvalue weighted by Gasteiger charge is -2.54. The van der Waals surface area contributed by atoms with Gasteiger partial charge in [-0.05, 0) is 59.9 Å². The number of piperidine rings is 1. The van der Waals surface area contributed by atoms with Gasteiger partial charge in [0, 0.05) is 11.1 Å². The van der Waals surface area contributed by atoms with Gasteiger partial charge in [0.15, 0.2) is 0 Å². The van der Waals surface area contributed by atoms with Gasteiger partial charge in [0.05, 0.1) is 5.54 Å². The fourth-order valence-corrected chi connectivity index (χ4v) is 3.38. The van der Waals surface area contributed by atoms with E-state index in [1.165, 1.54) is 5.06 Å². The quantitative estimate of drug-likeness (QED) is 0.350. The van der Waals surface area contributed by atoms with E-state index in [0.717, 1.165) is 12.8 Å². The highest BCUT2D eigenvalue weighted by Gasteiger charge is 2.53. The normalized spacial score (nSPS) is 22.4. The zero-order valence-corrected chi connectivity index (χ0v) is 15.8. The molecule has 25 heavy (non-hydrogen) atoms. The first-order chi connectivity index (χ1) is 11.2. The SMILES string of the molecule is CC1(C)CC(N)(C(N)=O)CC(C)(C)N1O.NCCCC[C@H](N)C(=O)O. The second-order valence-electron chi connectivity index (χ2n) is 8.04. The van der Waals surface area contributed by atoms with E-state index < -0.39 is 34.5 Å². The van der Waals surface area contributed by atoms with Crippen molar-refractivity contribution in [2.75, 3.05) is 6.54 Å². The van der Waals surface area contributed by atoms with Crippen molar-refractivity contribution in [3.05, 3.63) is 0 Å². The van der Waals surface area contributed by atoms with E-state index in [4.69, 9.17) is 28.0 Å². The highest BCUT2D eigenvalue weighted by molar-refractivity contribution is 5.84. The molecule has 1 fully saturated rings. The van der Waals surface area contributed by atoms with E-state index >= 15 is 0 Å². The number of hydrogen-bond donors (Lipinski definition) is 6. The minimum Gasteiger partial charge on any atom is -0.480 e. The van der Waals surface area contributed by atoms with E-state index in [0.29, 0.717) is 25.8 Å². The maximum Gasteiger partial charge on any atom is 0.320 e. The minimum atomic E-state index is -1.04. The molecule has 0 aromatic heterocycles. The molecule has 1 rings (SSSR count). The predicted octanol–water partition coefficient (Wildman–Crippen LogP) is -0.261. The number of carboxylic acids is 1. The molecule has 1 amide bonds. The lowest BCUT2D eigenvalue weighted by Crippen LogP contribution is -2.70. The number of unbranched alkanes of at least 4 members (excludes halogenated alkanes) is 1. The van der Waals surface area contributed by atoms with Gasteiger partial charge in [-0.1, -0.05) is 6.42 Å². The third-order valence-corrected chi connectivity index (χ3v) is 4.42. The summed E-state index contributed by atoms with van der Waals surface area (Å²) in [6.45, 7) is 7.99. The van der Waals surface area contributed by atoms with Crippen LogP contribution in [0.5, 0.6) is 0 Å². The summed E-state index contributed by atoms with van der Waals surface area (Å²) in [5, 5.41) is 19.6. The number of amides is 1. The number of carbonyl (C=O) groups excluding carboxylic acids is 1. The molecule has 0 bridgehead atoms. The molecule has 0 spiro atoms. The fraction of sp³-hybridized carbons (Fsp3) is 0.875. The van der Waals surface area contributed by atoms with Crippen LogP contribution in [-0.4, -0.2) is 56.5 Å². The van der Waals surface area contributed by atoms with Crippen molar-refractivity contribution in [2.45, 2.75) is 82.5 Å². The van der Waals surface area contributed by atoms with Gasteiger partial charge in [-0.2, -0.15) is 5.06 Å². The molecule has 1 heterocycles. The molecular formula is C16H35N5O4. The Bertz CT molecular complexity index is 449. The van der Waals surface area contributed by atoms with Crippen molar-refractivity contribution >= 4 is 11.9 Å². The van der Waals surface area contributed by atoms with Crippen molar-refractivity contribution in [2.24, 2.45) is 22.9 Å². The van der Waals surface area contributed by atoms with Crippen LogP contribution in [0.25, 0.3) is 0 Å². The average molecular weight is 361 g/mol. The lowest BCUT2D eigenvalue weighted by atomic mass is 9.70. The Hall–Kier alpha value is -1.26. The smallest absolute Gasteiger partial charge is 0.320 e. The van der Waals surface area contributed by atoms with Crippen LogP contribution in [0.3, 0.4) is 0 Å². The van der Waals surface area contributed by atoms with Crippen LogP contribution in [0, 0.1) is 0 Å². The third kappa shape index (κ3) is 6.87. The summed E-state index contributed by atoms with van der Waals surface area (Å²) in [6, 6.07) is -0.716. The molecule has 0 radical (unpaired) electrons. The molecule has 1 aliphatic rings. The molecule has 1 aliphatic heterocycles. The Kier molecular flexibility index (Phi) is 8.46. The molecule has 1 atom stereocenters. The largest absolute Gasteiger partial charge is 0.480 e. The molecule has 148 valence electrons. The minimum absolute atomic E-state index is 0.356. The van der Waals surface area contributed by atoms with Gasteiger partial charge in [-0.25, -0.2) is 0 Å². The first-order valence-electron chi connectivity index (χ1n) is 8.46. The predicted molar refractivity (Wildman–Crippen MR) is 95.6 cm³/mol. The van der Waals surface area contributed by atoms with Gasteiger partial charge in [-0.15, -0.1) is 0 Å². The van der Waals surface area contributed by atoms with E-state index in [2.05, 4.69) is 0 Å². The summed E-state index contributed by atoms with van der Waals surface area (Å²) in [4.78, 5) is 21.5. The van der Waals surface area contributed by atoms with Gasteiger partial charge in [0.25, 0.3) is 0 Å². The Morgan fingerprint density at radius 3 is 1.88 bits per heavy atom. The monoisotopic (exact) mass is 361 g/mol. The second kappa shape index (κ2) is 8.91. The van der Waals surface area contributed by atoms with E-state index in [9.17, 15) is 14.8 Å². The van der Waals surface area contributed by atoms with Crippen molar-refractivity contribution in [3.63, 3.8) is 0 Å². The molecule has 0 aromatic rings. The van der Waals surface area contributed by atoms with Crippen LogP contribution in [0.2, 0.25) is 0 Å². The number of carboxylic acid groups (broad SMARTS) is 1. The average Bonchev–Trinajstić information content (AvgIpc) is 2.44. The standard InChI is InChI=1S/C10H21N3O2.C6H14N2O2/c1-8(2)5-10(12,7(11)14)6-9(3,4)13(8)15;7-4-2-1-3-5(8)6(9)10/h15H,5-6,12H2,1-4H3,(H2,11,14);5H,1-4,7-8H2,(H,9,10)/t;5-/m.0/s1. The molecule has 0 unspecified atom stereocenters. The molecule has 10 N–H and O–H groups in total. The number of rotatable bonds is 6. The summed E-state index contributed by atoms with van der Waals surface area (Å²) >= 11 is 0. The van der Waals surface area contributed by atoms with Gasteiger partial charge >= 0.3 is 5.97 Å². The van der Waals surface area contributed by atoms with E-state index in [1.54, 1.807) is 0 Å². The molecule has 9 nitrogen and oxygen atoms in total. The van der Waals surface area contributed by atoms with Crippen molar-refractivity contribution < 1.29 is 19.9 Å². The Morgan fingerprint density at radius 2 is 1.56 bits per heavy atom. The molecule has 0 aromatic carbocycles. The summed E-state index contributed by atoms with van der Waals surface area (Å²) in [5.74, 6) is -1.44. The van der Waals surface area contributed by atoms with Gasteiger partial charge < -0.3 is 33.2 Å². The second-order valence-corrected chi connectivity index (χ2v) is 8.04. The summed E-state index contributed by atoms with van der Waals surface area (Å²) in [5.41, 5.74) is 19.6. The van der Waals surface area contributed by atoms with Crippen molar-refractivity contribution in [1.29, 1.82) is 0 Å². The Morgan fingerprint density at radius 1 is 1.12 bits per heavy atom. The summed E-state index contributed by atoms with van der Waals surface area (Å²) in [6.07, 6.45) is 2.88. The number of hydrogen-bond acceptors (Lipinski definition) is 7. The molecule has 0 aliphatic carbocycles. The fourth-order valence-electron chi connectivity index (χ4n) is 3.38. The van der Waals surface area contributed by atoms with Crippen LogP contribution in [-0.2, 0) is 9.59 Å². The van der Waals surface area contributed by atoms with E-state index in [1.807, 2.05) is 27.7 Å². The van der Waals surface area contributed by atoms with Gasteiger partial charge in [0.1, 0.15) is 6.04 Å². The molecule has 0 saturated carbocycles. The third-order valence-electron chi connectivity index (χ3n) is 4.42. The maximum atomic E-state index is 11.4. The Balaban J connectivity index is 0.000000504. The van der Waals surface area contributed by atoms with Crippen molar-refractivity contribution in [1.82, 2.24) is 5.06 Å². The van der Waals surface area contributed by atoms with Crippen LogP contribution < -0.4 is 22.9 Å². The first kappa shape index (κ1) is 23.7. The summed E-state index contributed by atoms with van der Waals surface area (Å²) < 4.78 is 0. The highest BCUT2D eigenvalue weighted by atomic mass is 16.5. The first-order valence-corrected chi connectivity index (χ1v) is 8.46. The van der Waals surface area contributed by atoms with Crippen molar-refractivity contribution in [3.8, 4) is 0 Å². The number of primary amides is 1. The Labute approximate surface area is 149 Å².